The lowest BCUT2D eigenvalue weighted by molar-refractivity contribution is -0.124. The molecule has 1 amide bonds. The summed E-state index contributed by atoms with van der Waals surface area (Å²) in [6.07, 6.45) is 2.34. The topological polar surface area (TPSA) is 55.4 Å². The fourth-order valence-corrected chi connectivity index (χ4v) is 2.19. The van der Waals surface area contributed by atoms with E-state index in [2.05, 4.69) is 5.32 Å². The summed E-state index contributed by atoms with van der Waals surface area (Å²) < 4.78 is 5.08. The molecule has 0 saturated heterocycles. The van der Waals surface area contributed by atoms with Crippen LogP contribution in [0.15, 0.2) is 18.2 Å². The highest BCUT2D eigenvalue weighted by Crippen LogP contribution is 2.32. The maximum atomic E-state index is 12.0. The molecule has 1 aliphatic rings. The molecule has 0 aliphatic heterocycles. The molecule has 1 fully saturated rings. The molecule has 20 heavy (non-hydrogen) atoms. The first-order chi connectivity index (χ1) is 9.49. The molecule has 1 aromatic rings. The minimum atomic E-state index is -0.444. The quantitative estimate of drug-likeness (QED) is 0.839. The van der Waals surface area contributed by atoms with Crippen LogP contribution in [0.4, 0.5) is 0 Å². The number of carbonyl (C=O) groups is 2. The smallest absolute Gasteiger partial charge is 0.338 e. The number of rotatable bonds is 5. The van der Waals surface area contributed by atoms with E-state index in [1.54, 1.807) is 6.07 Å². The monoisotopic (exact) mass is 275 g/mol. The lowest BCUT2D eigenvalue weighted by atomic mass is 10.0. The molecular weight excluding hydrogens is 254 g/mol. The third kappa shape index (κ3) is 3.59. The second-order valence-electron chi connectivity index (χ2n) is 5.52. The Labute approximate surface area is 119 Å². The maximum Gasteiger partial charge on any atom is 0.338 e. The van der Waals surface area contributed by atoms with Gasteiger partial charge in [-0.1, -0.05) is 12.1 Å². The predicted molar refractivity (Wildman–Crippen MR) is 76.5 cm³/mol. The highest BCUT2D eigenvalue weighted by Gasteiger charge is 2.29. The van der Waals surface area contributed by atoms with Crippen molar-refractivity contribution < 1.29 is 14.3 Å². The minimum Gasteiger partial charge on any atom is -0.452 e. The van der Waals surface area contributed by atoms with Crippen LogP contribution in [0.5, 0.6) is 0 Å². The van der Waals surface area contributed by atoms with Gasteiger partial charge in [-0.2, -0.15) is 0 Å². The second kappa shape index (κ2) is 6.07. The lowest BCUT2D eigenvalue weighted by Gasteiger charge is -2.13. The van der Waals surface area contributed by atoms with Gasteiger partial charge in [0.1, 0.15) is 0 Å². The van der Waals surface area contributed by atoms with Gasteiger partial charge in [0.05, 0.1) is 5.56 Å². The first kappa shape index (κ1) is 14.6. The third-order valence-corrected chi connectivity index (χ3v) is 3.88. The van der Waals surface area contributed by atoms with Gasteiger partial charge < -0.3 is 10.1 Å². The van der Waals surface area contributed by atoms with Crippen LogP contribution in [0, 0.1) is 19.8 Å². The van der Waals surface area contributed by atoms with Gasteiger partial charge in [-0.3, -0.25) is 4.79 Å². The van der Waals surface area contributed by atoms with Crippen LogP contribution in [0.1, 0.15) is 41.3 Å². The largest absolute Gasteiger partial charge is 0.452 e. The van der Waals surface area contributed by atoms with Gasteiger partial charge in [0.25, 0.3) is 5.91 Å². The lowest BCUT2D eigenvalue weighted by Crippen LogP contribution is -2.37. The van der Waals surface area contributed by atoms with E-state index in [9.17, 15) is 9.59 Å². The van der Waals surface area contributed by atoms with E-state index in [1.165, 1.54) is 12.8 Å². The first-order valence-electron chi connectivity index (χ1n) is 7.01. The maximum absolute atomic E-state index is 12.0. The number of esters is 1. The molecule has 0 unspecified atom stereocenters. The molecule has 0 aromatic heterocycles. The Kier molecular flexibility index (Phi) is 4.42. The van der Waals surface area contributed by atoms with Crippen LogP contribution < -0.4 is 5.32 Å². The second-order valence-corrected chi connectivity index (χ2v) is 5.52. The zero-order valence-electron chi connectivity index (χ0n) is 12.2. The molecule has 0 bridgehead atoms. The van der Waals surface area contributed by atoms with Gasteiger partial charge in [0, 0.05) is 6.04 Å². The predicted octanol–water partition coefficient (Wildman–Crippen LogP) is 2.37. The molecular formula is C16H21NO3. The summed E-state index contributed by atoms with van der Waals surface area (Å²) in [7, 11) is 0. The molecule has 0 spiro atoms. The number of benzene rings is 1. The molecule has 1 saturated carbocycles. The summed E-state index contributed by atoms with van der Waals surface area (Å²) >= 11 is 0. The summed E-state index contributed by atoms with van der Waals surface area (Å²) in [6, 6.07) is 5.64. The number of hydrogen-bond donors (Lipinski definition) is 1. The summed E-state index contributed by atoms with van der Waals surface area (Å²) in [5.41, 5.74) is 2.45. The number of ether oxygens (including phenoxy) is 1. The summed E-state index contributed by atoms with van der Waals surface area (Å²) in [5, 5.41) is 2.86. The number of aryl methyl sites for hydroxylation is 1. The molecule has 0 heterocycles. The van der Waals surface area contributed by atoms with Gasteiger partial charge in [0.15, 0.2) is 6.61 Å². The summed E-state index contributed by atoms with van der Waals surface area (Å²) in [5.74, 6) is -0.0860. The molecule has 108 valence electrons. The van der Waals surface area contributed by atoms with Crippen molar-refractivity contribution >= 4 is 11.9 Å². The molecule has 2 rings (SSSR count). The normalized spacial score (nSPS) is 15.6. The van der Waals surface area contributed by atoms with Gasteiger partial charge in [-0.05, 0) is 56.7 Å². The Morgan fingerprint density at radius 1 is 1.35 bits per heavy atom. The fourth-order valence-electron chi connectivity index (χ4n) is 2.19. The van der Waals surface area contributed by atoms with E-state index in [0.717, 1.165) is 11.1 Å². The van der Waals surface area contributed by atoms with Crippen LogP contribution in [-0.4, -0.2) is 24.5 Å². The van der Waals surface area contributed by atoms with Crippen LogP contribution in [0.25, 0.3) is 0 Å². The summed E-state index contributed by atoms with van der Waals surface area (Å²) in [6.45, 7) is 5.59. The molecule has 4 nitrogen and oxygen atoms in total. The Bertz CT molecular complexity index is 520. The Morgan fingerprint density at radius 2 is 2.05 bits per heavy atom. The van der Waals surface area contributed by atoms with Crippen LogP contribution >= 0.6 is 0 Å². The van der Waals surface area contributed by atoms with Gasteiger partial charge in [0.2, 0.25) is 0 Å². The van der Waals surface area contributed by atoms with E-state index >= 15 is 0 Å². The molecule has 4 heteroatoms. The van der Waals surface area contributed by atoms with E-state index in [4.69, 9.17) is 4.74 Å². The highest BCUT2D eigenvalue weighted by atomic mass is 16.5. The highest BCUT2D eigenvalue weighted by molar-refractivity contribution is 5.93. The van der Waals surface area contributed by atoms with E-state index < -0.39 is 5.97 Å². The van der Waals surface area contributed by atoms with Gasteiger partial charge in [-0.15, -0.1) is 0 Å². The number of nitrogens with one attached hydrogen (secondary N) is 1. The van der Waals surface area contributed by atoms with Crippen molar-refractivity contribution in [3.8, 4) is 0 Å². The van der Waals surface area contributed by atoms with Gasteiger partial charge in [-0.25, -0.2) is 4.79 Å². The van der Waals surface area contributed by atoms with E-state index in [1.807, 2.05) is 32.9 Å². The minimum absolute atomic E-state index is 0.168. The summed E-state index contributed by atoms with van der Waals surface area (Å²) in [4.78, 5) is 23.6. The van der Waals surface area contributed by atoms with Crippen molar-refractivity contribution in [3.63, 3.8) is 0 Å². The van der Waals surface area contributed by atoms with Crippen molar-refractivity contribution in [3.05, 3.63) is 34.9 Å². The van der Waals surface area contributed by atoms with Crippen molar-refractivity contribution in [2.45, 2.75) is 39.7 Å². The third-order valence-electron chi connectivity index (χ3n) is 3.88. The van der Waals surface area contributed by atoms with E-state index in [0.29, 0.717) is 11.5 Å². The van der Waals surface area contributed by atoms with Crippen LogP contribution in [-0.2, 0) is 9.53 Å². The molecule has 1 atom stereocenters. The van der Waals surface area contributed by atoms with Crippen molar-refractivity contribution in [2.75, 3.05) is 6.61 Å². The Hall–Kier alpha value is -1.84. The molecule has 0 radical (unpaired) electrons. The fraction of sp³-hybridized carbons (Fsp3) is 0.500. The number of amides is 1. The molecule has 1 N–H and O–H groups in total. The zero-order valence-corrected chi connectivity index (χ0v) is 12.2. The molecule has 1 aromatic carbocycles. The number of hydrogen-bond acceptors (Lipinski definition) is 3. The Morgan fingerprint density at radius 3 is 2.70 bits per heavy atom. The van der Waals surface area contributed by atoms with Crippen molar-refractivity contribution in [1.82, 2.24) is 5.32 Å². The van der Waals surface area contributed by atoms with E-state index in [-0.39, 0.29) is 18.6 Å². The Balaban J connectivity index is 1.85. The average molecular weight is 275 g/mol. The van der Waals surface area contributed by atoms with Crippen LogP contribution in [0.2, 0.25) is 0 Å². The van der Waals surface area contributed by atoms with Crippen LogP contribution in [0.3, 0.4) is 0 Å². The van der Waals surface area contributed by atoms with Crippen molar-refractivity contribution in [1.29, 1.82) is 0 Å². The van der Waals surface area contributed by atoms with Gasteiger partial charge >= 0.3 is 5.97 Å². The SMILES string of the molecule is Cc1cccc(C(=O)OCC(=O)N[C@H](C)C2CC2)c1C. The standard InChI is InChI=1S/C16H21NO3/c1-10-5-4-6-14(11(10)2)16(19)20-9-15(18)17-12(3)13-7-8-13/h4-6,12-13H,7-9H2,1-3H3,(H,17,18)/t12-/m1/s1. The first-order valence-corrected chi connectivity index (χ1v) is 7.01. The molecule has 1 aliphatic carbocycles. The average Bonchev–Trinajstić information content (AvgIpc) is 3.23. The van der Waals surface area contributed by atoms with Crippen molar-refractivity contribution in [2.24, 2.45) is 5.92 Å². The zero-order chi connectivity index (χ0) is 14.7. The number of carbonyl (C=O) groups excluding carboxylic acids is 2.